The maximum atomic E-state index is 5.07. The molecule has 0 aromatic carbocycles. The van der Waals surface area contributed by atoms with Gasteiger partial charge >= 0.3 is 0 Å². The molecule has 0 saturated carbocycles. The van der Waals surface area contributed by atoms with Crippen LogP contribution in [0.5, 0.6) is 0 Å². The van der Waals surface area contributed by atoms with Crippen molar-refractivity contribution < 1.29 is 4.74 Å². The summed E-state index contributed by atoms with van der Waals surface area (Å²) < 4.78 is 5.07. The summed E-state index contributed by atoms with van der Waals surface area (Å²) in [7, 11) is 0. The zero-order valence-corrected chi connectivity index (χ0v) is 7.72. The largest absolute Gasteiger partial charge is 0.391 e. The Morgan fingerprint density at radius 1 is 1.00 bits per heavy atom. The topological polar surface area (TPSA) is 21.3 Å². The molecule has 2 aliphatic rings. The predicted molar refractivity (Wildman–Crippen MR) is 51.0 cm³/mol. The summed E-state index contributed by atoms with van der Waals surface area (Å²) in [6, 6.07) is 0. The molecule has 0 bridgehead atoms. The van der Waals surface area contributed by atoms with Gasteiger partial charge < -0.3 is 10.1 Å². The molecule has 12 heavy (non-hydrogen) atoms. The summed E-state index contributed by atoms with van der Waals surface area (Å²) in [5.74, 6) is 0. The smallest absolute Gasteiger partial charge is 0.0466 e. The summed E-state index contributed by atoms with van der Waals surface area (Å²) in [6.45, 7) is 3.16. The molecule has 2 heterocycles. The van der Waals surface area contributed by atoms with Crippen molar-refractivity contribution in [3.05, 3.63) is 12.3 Å². The summed E-state index contributed by atoms with van der Waals surface area (Å²) in [5.41, 5.74) is 0. The van der Waals surface area contributed by atoms with E-state index in [1.807, 2.05) is 6.20 Å². The van der Waals surface area contributed by atoms with Gasteiger partial charge in [-0.15, -0.1) is 0 Å². The lowest BCUT2D eigenvalue weighted by molar-refractivity contribution is 0.0968. The lowest BCUT2D eigenvalue weighted by Gasteiger charge is -2.08. The average Bonchev–Trinajstić information content (AvgIpc) is 2.24. The van der Waals surface area contributed by atoms with E-state index in [1.54, 1.807) is 0 Å². The fourth-order valence-electron chi connectivity index (χ4n) is 1.26. The van der Waals surface area contributed by atoms with E-state index in [-0.39, 0.29) is 0 Å². The van der Waals surface area contributed by atoms with E-state index in [0.717, 1.165) is 19.8 Å². The van der Waals surface area contributed by atoms with Gasteiger partial charge in [-0.1, -0.05) is 6.08 Å². The SMILES string of the molecule is C1=CNCCC1.C1CCOCC1. The van der Waals surface area contributed by atoms with Gasteiger partial charge in [-0.25, -0.2) is 0 Å². The molecule has 2 nitrogen and oxygen atoms in total. The molecule has 0 radical (unpaired) electrons. The molecule has 1 N–H and O–H groups in total. The van der Waals surface area contributed by atoms with Crippen molar-refractivity contribution in [2.75, 3.05) is 19.8 Å². The molecule has 0 amide bonds. The molecule has 0 aromatic heterocycles. The van der Waals surface area contributed by atoms with Crippen molar-refractivity contribution in [1.82, 2.24) is 5.32 Å². The van der Waals surface area contributed by atoms with Crippen LogP contribution in [0.15, 0.2) is 12.3 Å². The van der Waals surface area contributed by atoms with Crippen LogP contribution in [-0.4, -0.2) is 19.8 Å². The standard InChI is InChI=1S/C5H9N.C5H10O/c2*1-2-4-6-5-3-1/h2,4,6H,1,3,5H2;1-5H2. The average molecular weight is 169 g/mol. The van der Waals surface area contributed by atoms with Crippen LogP contribution >= 0.6 is 0 Å². The van der Waals surface area contributed by atoms with E-state index in [2.05, 4.69) is 11.4 Å². The van der Waals surface area contributed by atoms with E-state index in [4.69, 9.17) is 4.74 Å². The molecular weight excluding hydrogens is 150 g/mol. The highest BCUT2D eigenvalue weighted by Gasteiger charge is 1.95. The first-order valence-corrected chi connectivity index (χ1v) is 4.96. The third-order valence-electron chi connectivity index (χ3n) is 2.00. The molecule has 0 unspecified atom stereocenters. The highest BCUT2D eigenvalue weighted by molar-refractivity contribution is 4.83. The molecule has 2 aliphatic heterocycles. The highest BCUT2D eigenvalue weighted by Crippen LogP contribution is 2.02. The van der Waals surface area contributed by atoms with Crippen molar-refractivity contribution >= 4 is 0 Å². The first kappa shape index (κ1) is 9.59. The first-order chi connectivity index (χ1) is 6.00. The van der Waals surface area contributed by atoms with Crippen LogP contribution in [0.3, 0.4) is 0 Å². The van der Waals surface area contributed by atoms with Gasteiger partial charge in [0.2, 0.25) is 0 Å². The molecule has 2 rings (SSSR count). The van der Waals surface area contributed by atoms with Crippen LogP contribution in [0.25, 0.3) is 0 Å². The van der Waals surface area contributed by atoms with Crippen molar-refractivity contribution in [1.29, 1.82) is 0 Å². The molecule has 2 heteroatoms. The second-order valence-electron chi connectivity index (χ2n) is 3.17. The van der Waals surface area contributed by atoms with Gasteiger partial charge in [-0.3, -0.25) is 0 Å². The molecule has 0 atom stereocenters. The Morgan fingerprint density at radius 3 is 2.00 bits per heavy atom. The minimum Gasteiger partial charge on any atom is -0.391 e. The second kappa shape index (κ2) is 7.17. The second-order valence-corrected chi connectivity index (χ2v) is 3.17. The summed E-state index contributed by atoms with van der Waals surface area (Å²) >= 11 is 0. The van der Waals surface area contributed by atoms with E-state index in [9.17, 15) is 0 Å². The number of hydrogen-bond acceptors (Lipinski definition) is 2. The maximum Gasteiger partial charge on any atom is 0.0466 e. The Balaban J connectivity index is 0.000000120. The normalized spacial score (nSPS) is 22.0. The Kier molecular flexibility index (Phi) is 5.72. The van der Waals surface area contributed by atoms with Crippen LogP contribution in [0, 0.1) is 0 Å². The van der Waals surface area contributed by atoms with Gasteiger partial charge in [-0.05, 0) is 38.3 Å². The van der Waals surface area contributed by atoms with Gasteiger partial charge in [0.1, 0.15) is 0 Å². The Hall–Kier alpha value is -0.500. The van der Waals surface area contributed by atoms with Crippen LogP contribution in [-0.2, 0) is 4.74 Å². The third kappa shape index (κ3) is 5.19. The molecule has 1 saturated heterocycles. The number of nitrogens with one attached hydrogen (secondary N) is 1. The molecular formula is C10H19NO. The molecule has 0 aliphatic carbocycles. The molecule has 70 valence electrons. The summed E-state index contributed by atoms with van der Waals surface area (Å²) in [5, 5.41) is 3.10. The Bertz CT molecular complexity index is 99.5. The van der Waals surface area contributed by atoms with Gasteiger partial charge in [0.25, 0.3) is 0 Å². The zero-order chi connectivity index (χ0) is 8.49. The van der Waals surface area contributed by atoms with Gasteiger partial charge in [-0.2, -0.15) is 0 Å². The van der Waals surface area contributed by atoms with Crippen molar-refractivity contribution in [3.63, 3.8) is 0 Å². The zero-order valence-electron chi connectivity index (χ0n) is 7.72. The lowest BCUT2D eigenvalue weighted by Crippen LogP contribution is -2.09. The maximum absolute atomic E-state index is 5.07. The highest BCUT2D eigenvalue weighted by atomic mass is 16.5. The quantitative estimate of drug-likeness (QED) is 0.599. The third-order valence-corrected chi connectivity index (χ3v) is 2.00. The van der Waals surface area contributed by atoms with Gasteiger partial charge in [0, 0.05) is 19.8 Å². The first-order valence-electron chi connectivity index (χ1n) is 4.96. The van der Waals surface area contributed by atoms with Crippen LogP contribution < -0.4 is 5.32 Å². The minimum atomic E-state index is 1.00. The minimum absolute atomic E-state index is 1.00. The van der Waals surface area contributed by atoms with E-state index >= 15 is 0 Å². The van der Waals surface area contributed by atoms with Crippen molar-refractivity contribution in [2.45, 2.75) is 32.1 Å². The summed E-state index contributed by atoms with van der Waals surface area (Å²) in [6.07, 6.45) is 10.7. The lowest BCUT2D eigenvalue weighted by atomic mass is 10.2. The van der Waals surface area contributed by atoms with Crippen molar-refractivity contribution in [2.24, 2.45) is 0 Å². The van der Waals surface area contributed by atoms with Crippen LogP contribution in [0.1, 0.15) is 32.1 Å². The molecule has 0 aromatic rings. The number of allylic oxidation sites excluding steroid dienone is 1. The van der Waals surface area contributed by atoms with Gasteiger partial charge in [0.05, 0.1) is 0 Å². The number of hydrogen-bond donors (Lipinski definition) is 1. The van der Waals surface area contributed by atoms with E-state index < -0.39 is 0 Å². The molecule has 1 fully saturated rings. The fraction of sp³-hybridized carbons (Fsp3) is 0.800. The van der Waals surface area contributed by atoms with Gasteiger partial charge in [0.15, 0.2) is 0 Å². The van der Waals surface area contributed by atoms with Crippen LogP contribution in [0.4, 0.5) is 0 Å². The Labute approximate surface area is 75.0 Å². The predicted octanol–water partition coefficient (Wildman–Crippen LogP) is 2.07. The van der Waals surface area contributed by atoms with Crippen molar-refractivity contribution in [3.8, 4) is 0 Å². The fourth-order valence-corrected chi connectivity index (χ4v) is 1.26. The Morgan fingerprint density at radius 2 is 1.83 bits per heavy atom. The number of rotatable bonds is 0. The molecule has 0 spiro atoms. The summed E-state index contributed by atoms with van der Waals surface area (Å²) in [4.78, 5) is 0. The number of ether oxygens (including phenoxy) is 1. The van der Waals surface area contributed by atoms with E-state index in [1.165, 1.54) is 32.1 Å². The van der Waals surface area contributed by atoms with Crippen LogP contribution in [0.2, 0.25) is 0 Å². The van der Waals surface area contributed by atoms with E-state index in [0.29, 0.717) is 0 Å². The monoisotopic (exact) mass is 169 g/mol.